The predicted octanol–water partition coefficient (Wildman–Crippen LogP) is -0.334. The van der Waals surface area contributed by atoms with E-state index in [-0.39, 0.29) is 13.0 Å². The highest BCUT2D eigenvalue weighted by atomic mass is 16.5. The average Bonchev–Trinajstić information content (AvgIpc) is 2.33. The largest absolute Gasteiger partial charge is 0.480 e. The van der Waals surface area contributed by atoms with Crippen LogP contribution in [0.3, 0.4) is 0 Å². The monoisotopic (exact) mass is 260 g/mol. The van der Waals surface area contributed by atoms with E-state index in [1.807, 2.05) is 0 Å². The molecule has 0 aromatic rings. The molecule has 0 aliphatic carbocycles. The van der Waals surface area contributed by atoms with Crippen molar-refractivity contribution in [3.63, 3.8) is 0 Å². The Balaban J connectivity index is 4.44. The van der Waals surface area contributed by atoms with E-state index in [1.54, 1.807) is 0 Å². The van der Waals surface area contributed by atoms with Crippen LogP contribution in [0.5, 0.6) is 0 Å². The first-order valence-electron chi connectivity index (χ1n) is 5.55. The van der Waals surface area contributed by atoms with Gasteiger partial charge in [-0.2, -0.15) is 0 Å². The number of nitrogens with one attached hydrogen (secondary N) is 1. The molecule has 7 nitrogen and oxygen atoms in total. The van der Waals surface area contributed by atoms with Crippen molar-refractivity contribution in [2.75, 3.05) is 33.4 Å². The zero-order chi connectivity index (χ0) is 14.0. The zero-order valence-electron chi connectivity index (χ0n) is 10.5. The summed E-state index contributed by atoms with van der Waals surface area (Å²) in [6.07, 6.45) is 1.50. The molecule has 0 saturated carbocycles. The molecule has 0 saturated heterocycles. The maximum Gasteiger partial charge on any atom is 0.326 e. The molecule has 0 aromatic carbocycles. The second kappa shape index (κ2) is 9.43. The molecule has 0 spiro atoms. The molecular formula is C11H20N2O5. The molecule has 0 aromatic heterocycles. The number of nitrogens with zero attached hydrogens (tertiary/aromatic N) is 1. The number of carbonyl (C=O) groups is 2. The van der Waals surface area contributed by atoms with E-state index < -0.39 is 18.0 Å². The number of carboxylic acids is 1. The summed E-state index contributed by atoms with van der Waals surface area (Å²) >= 11 is 0. The molecule has 7 heteroatoms. The molecule has 2 amide bonds. The lowest BCUT2D eigenvalue weighted by Crippen LogP contribution is -2.49. The normalized spacial score (nSPS) is 11.7. The van der Waals surface area contributed by atoms with Crippen LogP contribution in [-0.4, -0.2) is 66.6 Å². The van der Waals surface area contributed by atoms with Crippen LogP contribution in [0.4, 0.5) is 4.79 Å². The Kier molecular flexibility index (Phi) is 8.59. The van der Waals surface area contributed by atoms with Gasteiger partial charge in [-0.15, -0.1) is 6.58 Å². The van der Waals surface area contributed by atoms with Gasteiger partial charge < -0.3 is 25.2 Å². The van der Waals surface area contributed by atoms with Crippen LogP contribution in [0.1, 0.15) is 6.42 Å². The molecule has 0 heterocycles. The van der Waals surface area contributed by atoms with Crippen LogP contribution < -0.4 is 5.32 Å². The topological polar surface area (TPSA) is 99.1 Å². The summed E-state index contributed by atoms with van der Waals surface area (Å²) < 4.78 is 4.86. The lowest BCUT2D eigenvalue weighted by molar-refractivity contribution is -0.139. The van der Waals surface area contributed by atoms with Gasteiger partial charge in [0.25, 0.3) is 0 Å². The van der Waals surface area contributed by atoms with Crippen molar-refractivity contribution in [3.8, 4) is 0 Å². The molecule has 104 valence electrons. The summed E-state index contributed by atoms with van der Waals surface area (Å²) in [4.78, 5) is 24.0. The van der Waals surface area contributed by atoms with Gasteiger partial charge in [0.15, 0.2) is 0 Å². The number of carbonyl (C=O) groups excluding carboxylic acids is 1. The second-order valence-corrected chi connectivity index (χ2v) is 3.58. The van der Waals surface area contributed by atoms with Gasteiger partial charge in [0, 0.05) is 33.2 Å². The summed E-state index contributed by atoms with van der Waals surface area (Å²) in [5, 5.41) is 19.9. The Morgan fingerprint density at radius 1 is 1.56 bits per heavy atom. The van der Waals surface area contributed by atoms with Crippen LogP contribution in [0.25, 0.3) is 0 Å². The van der Waals surface area contributed by atoms with Gasteiger partial charge in [0.2, 0.25) is 0 Å². The number of ether oxygens (including phenoxy) is 1. The fraction of sp³-hybridized carbons (Fsp3) is 0.636. The molecule has 0 unspecified atom stereocenters. The number of rotatable bonds is 9. The molecule has 0 aliphatic rings. The van der Waals surface area contributed by atoms with Gasteiger partial charge in [-0.1, -0.05) is 6.08 Å². The first-order chi connectivity index (χ1) is 8.56. The zero-order valence-corrected chi connectivity index (χ0v) is 10.5. The van der Waals surface area contributed by atoms with Crippen LogP contribution in [0.15, 0.2) is 12.7 Å². The number of carboxylic acid groups (broad SMARTS) is 1. The van der Waals surface area contributed by atoms with E-state index in [2.05, 4.69) is 11.9 Å². The minimum absolute atomic E-state index is 0.0344. The van der Waals surface area contributed by atoms with Crippen molar-refractivity contribution >= 4 is 12.0 Å². The van der Waals surface area contributed by atoms with Crippen LogP contribution in [0, 0.1) is 0 Å². The highest BCUT2D eigenvalue weighted by Crippen LogP contribution is 1.96. The Morgan fingerprint density at radius 3 is 2.67 bits per heavy atom. The highest BCUT2D eigenvalue weighted by Gasteiger charge is 2.21. The third-order valence-electron chi connectivity index (χ3n) is 2.22. The number of amides is 2. The third-order valence-corrected chi connectivity index (χ3v) is 2.22. The van der Waals surface area contributed by atoms with Crippen LogP contribution >= 0.6 is 0 Å². The highest BCUT2D eigenvalue weighted by molar-refractivity contribution is 5.82. The predicted molar refractivity (Wildman–Crippen MR) is 65.3 cm³/mol. The lowest BCUT2D eigenvalue weighted by Gasteiger charge is -2.23. The summed E-state index contributed by atoms with van der Waals surface area (Å²) in [7, 11) is 1.51. The van der Waals surface area contributed by atoms with Crippen molar-refractivity contribution in [1.82, 2.24) is 10.2 Å². The number of urea groups is 1. The van der Waals surface area contributed by atoms with Gasteiger partial charge in [-0.3, -0.25) is 0 Å². The molecular weight excluding hydrogens is 240 g/mol. The summed E-state index contributed by atoms with van der Waals surface area (Å²) in [6.45, 7) is 4.19. The smallest absolute Gasteiger partial charge is 0.326 e. The molecule has 3 N–H and O–H groups in total. The number of hydrogen-bond donors (Lipinski definition) is 3. The summed E-state index contributed by atoms with van der Waals surface area (Å²) in [5.74, 6) is -1.18. The van der Waals surface area contributed by atoms with Crippen molar-refractivity contribution < 1.29 is 24.5 Å². The fourth-order valence-electron chi connectivity index (χ4n) is 1.26. The quantitative estimate of drug-likeness (QED) is 0.493. The van der Waals surface area contributed by atoms with Crippen molar-refractivity contribution in [1.29, 1.82) is 0 Å². The third kappa shape index (κ3) is 6.21. The van der Waals surface area contributed by atoms with E-state index in [0.717, 1.165) is 0 Å². The van der Waals surface area contributed by atoms with E-state index in [9.17, 15) is 9.59 Å². The maximum atomic E-state index is 11.8. The van der Waals surface area contributed by atoms with Crippen LogP contribution in [0.2, 0.25) is 0 Å². The number of aliphatic carboxylic acids is 1. The van der Waals surface area contributed by atoms with Crippen molar-refractivity contribution in [2.45, 2.75) is 12.5 Å². The first kappa shape index (κ1) is 16.4. The van der Waals surface area contributed by atoms with Gasteiger partial charge >= 0.3 is 12.0 Å². The molecule has 0 radical (unpaired) electrons. The Morgan fingerprint density at radius 2 is 2.22 bits per heavy atom. The fourth-order valence-corrected chi connectivity index (χ4v) is 1.26. The molecule has 0 fully saturated rings. The number of methoxy groups -OCH3 is 1. The van der Waals surface area contributed by atoms with Crippen molar-refractivity contribution in [2.24, 2.45) is 0 Å². The Hall–Kier alpha value is -1.60. The van der Waals surface area contributed by atoms with Crippen molar-refractivity contribution in [3.05, 3.63) is 12.7 Å². The van der Waals surface area contributed by atoms with Gasteiger partial charge in [-0.25, -0.2) is 9.59 Å². The SMILES string of the molecule is C=CCN(CCOC)C(=O)N[C@H](CCO)C(=O)O. The van der Waals surface area contributed by atoms with Crippen LogP contribution in [-0.2, 0) is 9.53 Å². The maximum absolute atomic E-state index is 11.8. The molecule has 0 aliphatic heterocycles. The summed E-state index contributed by atoms with van der Waals surface area (Å²) in [5.41, 5.74) is 0. The van der Waals surface area contributed by atoms with Gasteiger partial charge in [-0.05, 0) is 0 Å². The van der Waals surface area contributed by atoms with Gasteiger partial charge in [0.05, 0.1) is 6.61 Å². The lowest BCUT2D eigenvalue weighted by atomic mass is 10.2. The number of aliphatic hydroxyl groups is 1. The Bertz CT molecular complexity index is 283. The summed E-state index contributed by atoms with van der Waals surface area (Å²) in [6, 6.07) is -1.62. The van der Waals surface area contributed by atoms with Gasteiger partial charge in [0.1, 0.15) is 6.04 Å². The number of aliphatic hydroxyl groups excluding tert-OH is 1. The first-order valence-corrected chi connectivity index (χ1v) is 5.55. The van der Waals surface area contributed by atoms with E-state index in [1.165, 1.54) is 18.1 Å². The standard InChI is InChI=1S/C11H20N2O5/c1-3-5-13(6-8-18-2)11(17)12-9(4-7-14)10(15)16/h3,9,14H,1,4-8H2,2H3,(H,12,17)(H,15,16)/t9-/m1/s1. The second-order valence-electron chi connectivity index (χ2n) is 3.58. The number of hydrogen-bond acceptors (Lipinski definition) is 4. The molecule has 0 rings (SSSR count). The Labute approximate surface area is 106 Å². The van der Waals surface area contributed by atoms with E-state index >= 15 is 0 Å². The molecule has 18 heavy (non-hydrogen) atoms. The minimum Gasteiger partial charge on any atom is -0.480 e. The van der Waals surface area contributed by atoms with E-state index in [4.69, 9.17) is 14.9 Å². The van der Waals surface area contributed by atoms with E-state index in [0.29, 0.717) is 19.7 Å². The average molecular weight is 260 g/mol. The molecule has 0 bridgehead atoms. The minimum atomic E-state index is -1.18. The molecule has 1 atom stereocenters.